The summed E-state index contributed by atoms with van der Waals surface area (Å²) in [5, 5.41) is 0. The number of fused-ring (bicyclic) bond motifs is 1. The molecule has 35 heavy (non-hydrogen) atoms. The molecule has 1 amide bonds. The van der Waals surface area contributed by atoms with Crippen LogP contribution in [0.1, 0.15) is 49.1 Å². The number of anilines is 1. The summed E-state index contributed by atoms with van der Waals surface area (Å²) < 4.78 is 21.9. The van der Waals surface area contributed by atoms with Crippen LogP contribution >= 0.6 is 0 Å². The Morgan fingerprint density at radius 3 is 2.63 bits per heavy atom. The Morgan fingerprint density at radius 1 is 1.09 bits per heavy atom. The van der Waals surface area contributed by atoms with Crippen LogP contribution in [0.4, 0.5) is 10.1 Å². The predicted octanol–water partition coefficient (Wildman–Crippen LogP) is 6.21. The number of benzene rings is 3. The van der Waals surface area contributed by atoms with Gasteiger partial charge in [-0.15, -0.1) is 0 Å². The topological polar surface area (TPSA) is 47.4 Å². The van der Waals surface area contributed by atoms with Gasteiger partial charge in [0.25, 0.3) is 0 Å². The van der Waals surface area contributed by atoms with Crippen molar-refractivity contribution in [1.82, 2.24) is 9.55 Å². The molecule has 0 bridgehead atoms. The van der Waals surface area contributed by atoms with E-state index in [1.807, 2.05) is 18.2 Å². The van der Waals surface area contributed by atoms with Crippen molar-refractivity contribution in [3.63, 3.8) is 0 Å². The average Bonchev–Trinajstić information content (AvgIpc) is 3.40. The Balaban J connectivity index is 1.40. The molecule has 6 heteroatoms. The normalized spacial score (nSPS) is 16.0. The van der Waals surface area contributed by atoms with E-state index >= 15 is 0 Å². The third-order valence-corrected chi connectivity index (χ3v) is 6.68. The van der Waals surface area contributed by atoms with E-state index < -0.39 is 0 Å². The number of nitrogens with zero attached hydrogens (tertiary/aromatic N) is 3. The first-order valence-corrected chi connectivity index (χ1v) is 12.1. The standard InChI is InChI=1S/C29H30FN3O2/c1-19(2)24-13-8-20(3)16-27(24)35-15-14-32-26-7-5-4-6-25(26)31-29(32)21-17-28(34)33(18-21)23-11-9-22(30)10-12-23/h4-13,16,19,21H,14-15,17-18H2,1-3H3/t21-/m0/s1. The van der Waals surface area contributed by atoms with Crippen molar-refractivity contribution >= 4 is 22.6 Å². The first kappa shape index (κ1) is 23.1. The minimum atomic E-state index is -0.312. The van der Waals surface area contributed by atoms with Crippen LogP contribution < -0.4 is 9.64 Å². The van der Waals surface area contributed by atoms with E-state index in [0.717, 1.165) is 22.6 Å². The number of carbonyl (C=O) groups excluding carboxylic acids is 1. The fourth-order valence-corrected chi connectivity index (χ4v) is 4.88. The van der Waals surface area contributed by atoms with Gasteiger partial charge in [-0.25, -0.2) is 9.37 Å². The van der Waals surface area contributed by atoms with E-state index in [4.69, 9.17) is 9.72 Å². The molecule has 0 unspecified atom stereocenters. The maximum absolute atomic E-state index is 13.4. The SMILES string of the molecule is Cc1ccc(C(C)C)c(OCCn2c([C@H]3CC(=O)N(c4ccc(F)cc4)C3)nc3ccccc32)c1. The number of hydrogen-bond acceptors (Lipinski definition) is 3. The fraction of sp³-hybridized carbons (Fsp3) is 0.310. The maximum Gasteiger partial charge on any atom is 0.227 e. The van der Waals surface area contributed by atoms with Gasteiger partial charge in [0.05, 0.1) is 17.6 Å². The molecule has 0 N–H and O–H groups in total. The highest BCUT2D eigenvalue weighted by molar-refractivity contribution is 5.96. The summed E-state index contributed by atoms with van der Waals surface area (Å²) in [6, 6.07) is 20.5. The second kappa shape index (κ2) is 9.53. The van der Waals surface area contributed by atoms with Gasteiger partial charge in [-0.05, 0) is 66.4 Å². The van der Waals surface area contributed by atoms with Crippen molar-refractivity contribution in [1.29, 1.82) is 0 Å². The van der Waals surface area contributed by atoms with Crippen LogP contribution in [0.15, 0.2) is 66.7 Å². The van der Waals surface area contributed by atoms with Gasteiger partial charge in [-0.1, -0.05) is 38.1 Å². The van der Waals surface area contributed by atoms with Crippen molar-refractivity contribution in [2.75, 3.05) is 18.1 Å². The molecule has 3 aromatic carbocycles. The highest BCUT2D eigenvalue weighted by Gasteiger charge is 2.34. The van der Waals surface area contributed by atoms with Crippen molar-refractivity contribution in [2.24, 2.45) is 0 Å². The lowest BCUT2D eigenvalue weighted by atomic mass is 10.0. The second-order valence-corrected chi connectivity index (χ2v) is 9.54. The van der Waals surface area contributed by atoms with Crippen LogP contribution in [0.2, 0.25) is 0 Å². The fourth-order valence-electron chi connectivity index (χ4n) is 4.88. The molecule has 1 aliphatic heterocycles. The van der Waals surface area contributed by atoms with E-state index in [0.29, 0.717) is 37.7 Å². The summed E-state index contributed by atoms with van der Waals surface area (Å²) >= 11 is 0. The summed E-state index contributed by atoms with van der Waals surface area (Å²) in [5.74, 6) is 1.85. The molecule has 0 saturated carbocycles. The number of rotatable bonds is 7. The molecule has 5 rings (SSSR count). The summed E-state index contributed by atoms with van der Waals surface area (Å²) in [6.45, 7) is 8.06. The number of hydrogen-bond donors (Lipinski definition) is 0. The minimum Gasteiger partial charge on any atom is -0.491 e. The zero-order valence-corrected chi connectivity index (χ0v) is 20.4. The van der Waals surface area contributed by atoms with Gasteiger partial charge >= 0.3 is 0 Å². The van der Waals surface area contributed by atoms with Crippen LogP contribution in [0, 0.1) is 12.7 Å². The Labute approximate surface area is 205 Å². The predicted molar refractivity (Wildman–Crippen MR) is 137 cm³/mol. The van der Waals surface area contributed by atoms with Crippen molar-refractivity contribution in [3.05, 3.63) is 89.5 Å². The average molecular weight is 472 g/mol. The Hall–Kier alpha value is -3.67. The molecule has 1 aliphatic rings. The molecule has 1 aromatic heterocycles. The molecule has 0 aliphatic carbocycles. The molecule has 0 radical (unpaired) electrons. The van der Waals surface area contributed by atoms with Gasteiger partial charge < -0.3 is 14.2 Å². The van der Waals surface area contributed by atoms with Gasteiger partial charge in [-0.3, -0.25) is 4.79 Å². The summed E-state index contributed by atoms with van der Waals surface area (Å²) in [7, 11) is 0. The number of imidazole rings is 1. The number of aromatic nitrogens is 2. The highest BCUT2D eigenvalue weighted by atomic mass is 19.1. The zero-order chi connectivity index (χ0) is 24.5. The van der Waals surface area contributed by atoms with E-state index in [9.17, 15) is 9.18 Å². The first-order valence-electron chi connectivity index (χ1n) is 12.1. The zero-order valence-electron chi connectivity index (χ0n) is 20.4. The Kier molecular flexibility index (Phi) is 6.29. The molecule has 180 valence electrons. The quantitative estimate of drug-likeness (QED) is 0.322. The third kappa shape index (κ3) is 4.65. The molecule has 4 aromatic rings. The Morgan fingerprint density at radius 2 is 1.86 bits per heavy atom. The number of halogens is 1. The summed E-state index contributed by atoms with van der Waals surface area (Å²) in [6.07, 6.45) is 0.372. The van der Waals surface area contributed by atoms with E-state index in [1.165, 1.54) is 23.3 Å². The second-order valence-electron chi connectivity index (χ2n) is 9.54. The highest BCUT2D eigenvalue weighted by Crippen LogP contribution is 2.33. The van der Waals surface area contributed by atoms with E-state index in [1.54, 1.807) is 17.0 Å². The van der Waals surface area contributed by atoms with Crippen LogP contribution in [-0.4, -0.2) is 28.6 Å². The largest absolute Gasteiger partial charge is 0.491 e. The van der Waals surface area contributed by atoms with Crippen LogP contribution in [0.5, 0.6) is 5.75 Å². The van der Waals surface area contributed by atoms with E-state index in [2.05, 4.69) is 49.6 Å². The van der Waals surface area contributed by atoms with Gasteiger partial charge in [0.15, 0.2) is 0 Å². The van der Waals surface area contributed by atoms with Gasteiger partial charge in [0, 0.05) is 24.6 Å². The monoisotopic (exact) mass is 471 g/mol. The number of amides is 1. The summed E-state index contributed by atoms with van der Waals surface area (Å²) in [4.78, 5) is 19.5. The lowest BCUT2D eigenvalue weighted by molar-refractivity contribution is -0.117. The lowest BCUT2D eigenvalue weighted by Gasteiger charge is -2.18. The number of para-hydroxylation sites is 2. The van der Waals surface area contributed by atoms with E-state index in [-0.39, 0.29) is 17.6 Å². The van der Waals surface area contributed by atoms with Gasteiger partial charge in [0.2, 0.25) is 5.91 Å². The maximum atomic E-state index is 13.4. The molecule has 5 nitrogen and oxygen atoms in total. The van der Waals surface area contributed by atoms with Crippen molar-refractivity contribution in [2.45, 2.75) is 45.6 Å². The molecule has 1 atom stereocenters. The third-order valence-electron chi connectivity index (χ3n) is 6.68. The number of ether oxygens (including phenoxy) is 1. The first-order chi connectivity index (χ1) is 16.9. The minimum absolute atomic E-state index is 0.0257. The van der Waals surface area contributed by atoms with Gasteiger partial charge in [-0.2, -0.15) is 0 Å². The molecular formula is C29H30FN3O2. The van der Waals surface area contributed by atoms with Crippen LogP contribution in [-0.2, 0) is 11.3 Å². The van der Waals surface area contributed by atoms with Crippen LogP contribution in [0.3, 0.4) is 0 Å². The number of aryl methyl sites for hydroxylation is 1. The Bertz CT molecular complexity index is 1360. The number of carbonyl (C=O) groups is 1. The summed E-state index contributed by atoms with van der Waals surface area (Å²) in [5.41, 5.74) is 5.03. The smallest absolute Gasteiger partial charge is 0.227 e. The van der Waals surface area contributed by atoms with Crippen LogP contribution in [0.25, 0.3) is 11.0 Å². The van der Waals surface area contributed by atoms with Crippen molar-refractivity contribution in [3.8, 4) is 5.75 Å². The molecule has 1 fully saturated rings. The van der Waals surface area contributed by atoms with Gasteiger partial charge in [0.1, 0.15) is 24.0 Å². The lowest BCUT2D eigenvalue weighted by Crippen LogP contribution is -2.24. The molecular weight excluding hydrogens is 441 g/mol. The van der Waals surface area contributed by atoms with Crippen molar-refractivity contribution < 1.29 is 13.9 Å². The molecule has 2 heterocycles. The molecule has 0 spiro atoms. The molecule has 1 saturated heterocycles.